The second kappa shape index (κ2) is 11.0. The highest BCUT2D eigenvalue weighted by Crippen LogP contribution is 2.29. The highest BCUT2D eigenvalue weighted by atomic mass is 35.5. The summed E-state index contributed by atoms with van der Waals surface area (Å²) in [6.07, 6.45) is 7.24. The average molecular weight is 465 g/mol. The summed E-state index contributed by atoms with van der Waals surface area (Å²) in [4.78, 5) is 12.8. The lowest BCUT2D eigenvalue weighted by Crippen LogP contribution is -2.35. The predicted molar refractivity (Wildman–Crippen MR) is 123 cm³/mol. The van der Waals surface area contributed by atoms with Gasteiger partial charge >= 0.3 is 0 Å². The SMILES string of the molecule is CCOc1ccc(S(=O)(=O)NC2CCCCCCC2)cc1NC(=O)c1ccc(Cl)cc1. The maximum atomic E-state index is 13.0. The third-order valence-electron chi connectivity index (χ3n) is 5.34. The summed E-state index contributed by atoms with van der Waals surface area (Å²) in [5.74, 6) is 0.0369. The Kier molecular flexibility index (Phi) is 8.35. The third kappa shape index (κ3) is 6.69. The first-order chi connectivity index (χ1) is 14.9. The number of anilines is 1. The first kappa shape index (κ1) is 23.6. The van der Waals surface area contributed by atoms with Gasteiger partial charge in [-0.2, -0.15) is 0 Å². The van der Waals surface area contributed by atoms with Crippen molar-refractivity contribution in [2.75, 3.05) is 11.9 Å². The van der Waals surface area contributed by atoms with Crippen LogP contribution in [0.1, 0.15) is 62.2 Å². The average Bonchev–Trinajstić information content (AvgIpc) is 2.71. The molecule has 1 aliphatic rings. The van der Waals surface area contributed by atoms with Gasteiger partial charge in [-0.15, -0.1) is 0 Å². The van der Waals surface area contributed by atoms with Gasteiger partial charge in [-0.05, 0) is 62.2 Å². The monoisotopic (exact) mass is 464 g/mol. The highest BCUT2D eigenvalue weighted by Gasteiger charge is 2.22. The van der Waals surface area contributed by atoms with Crippen LogP contribution < -0.4 is 14.8 Å². The summed E-state index contributed by atoms with van der Waals surface area (Å²) in [7, 11) is -3.72. The van der Waals surface area contributed by atoms with E-state index < -0.39 is 10.0 Å². The standard InChI is InChI=1S/C23H29ClN2O4S/c1-2-30-22-15-14-20(31(28,29)26-19-8-6-4-3-5-7-9-19)16-21(22)25-23(27)17-10-12-18(24)13-11-17/h10-16,19,26H,2-9H2,1H3,(H,25,27). The minimum absolute atomic E-state index is 0.0658. The molecule has 0 radical (unpaired) electrons. The van der Waals surface area contributed by atoms with Crippen LogP contribution in [0.25, 0.3) is 0 Å². The molecule has 0 saturated heterocycles. The zero-order valence-electron chi connectivity index (χ0n) is 17.7. The zero-order chi connectivity index (χ0) is 22.3. The molecule has 1 amide bonds. The van der Waals surface area contributed by atoms with Crippen LogP contribution in [-0.4, -0.2) is 27.0 Å². The summed E-state index contributed by atoms with van der Waals surface area (Å²) in [5.41, 5.74) is 0.718. The quantitative estimate of drug-likeness (QED) is 0.575. The molecule has 0 heterocycles. The molecule has 0 unspecified atom stereocenters. The number of ether oxygens (including phenoxy) is 1. The van der Waals surface area contributed by atoms with E-state index in [2.05, 4.69) is 10.0 Å². The van der Waals surface area contributed by atoms with Gasteiger partial charge in [0.2, 0.25) is 10.0 Å². The predicted octanol–water partition coefficient (Wildman–Crippen LogP) is 5.38. The molecule has 0 aliphatic heterocycles. The van der Waals surface area contributed by atoms with Gasteiger partial charge in [0.1, 0.15) is 5.75 Å². The Morgan fingerprint density at radius 2 is 1.68 bits per heavy atom. The van der Waals surface area contributed by atoms with Gasteiger partial charge < -0.3 is 10.1 Å². The normalized spacial score (nSPS) is 15.7. The van der Waals surface area contributed by atoms with Crippen molar-refractivity contribution >= 4 is 33.2 Å². The van der Waals surface area contributed by atoms with E-state index in [-0.39, 0.29) is 16.8 Å². The lowest BCUT2D eigenvalue weighted by Gasteiger charge is -2.21. The molecule has 2 aromatic carbocycles. The Balaban J connectivity index is 1.82. The Labute approximate surface area is 189 Å². The van der Waals surface area contributed by atoms with Gasteiger partial charge in [-0.1, -0.05) is 43.7 Å². The van der Waals surface area contributed by atoms with E-state index in [4.69, 9.17) is 16.3 Å². The lowest BCUT2D eigenvalue weighted by atomic mass is 9.97. The number of amides is 1. The molecule has 1 aliphatic carbocycles. The van der Waals surface area contributed by atoms with Crippen LogP contribution in [0.5, 0.6) is 5.75 Å². The number of carbonyl (C=O) groups excluding carboxylic acids is 1. The Bertz CT molecular complexity index is 985. The molecule has 2 aromatic rings. The maximum absolute atomic E-state index is 13.0. The van der Waals surface area contributed by atoms with Crippen LogP contribution in [0.3, 0.4) is 0 Å². The van der Waals surface area contributed by atoms with Gasteiger partial charge in [0.15, 0.2) is 0 Å². The number of nitrogens with one attached hydrogen (secondary N) is 2. The fraction of sp³-hybridized carbons (Fsp3) is 0.435. The van der Waals surface area contributed by atoms with Crippen LogP contribution in [0.15, 0.2) is 47.4 Å². The van der Waals surface area contributed by atoms with Crippen LogP contribution in [-0.2, 0) is 10.0 Å². The number of rotatable bonds is 7. The van der Waals surface area contributed by atoms with E-state index in [1.54, 1.807) is 30.3 Å². The van der Waals surface area contributed by atoms with Crippen molar-refractivity contribution in [3.63, 3.8) is 0 Å². The topological polar surface area (TPSA) is 84.5 Å². The van der Waals surface area contributed by atoms with Crippen molar-refractivity contribution in [3.05, 3.63) is 53.1 Å². The second-order valence-electron chi connectivity index (χ2n) is 7.72. The Morgan fingerprint density at radius 3 is 2.32 bits per heavy atom. The number of hydrogen-bond donors (Lipinski definition) is 2. The molecule has 0 bridgehead atoms. The van der Waals surface area contributed by atoms with Crippen molar-refractivity contribution in [3.8, 4) is 5.75 Å². The number of sulfonamides is 1. The molecule has 0 aromatic heterocycles. The molecule has 6 nitrogen and oxygen atoms in total. The maximum Gasteiger partial charge on any atom is 0.255 e. The van der Waals surface area contributed by atoms with Crippen molar-refractivity contribution < 1.29 is 17.9 Å². The zero-order valence-corrected chi connectivity index (χ0v) is 19.3. The summed E-state index contributed by atoms with van der Waals surface area (Å²) in [6.45, 7) is 2.21. The number of benzene rings is 2. The van der Waals surface area contributed by atoms with Crippen molar-refractivity contribution in [2.24, 2.45) is 0 Å². The summed E-state index contributed by atoms with van der Waals surface area (Å²) in [5, 5.41) is 3.29. The summed E-state index contributed by atoms with van der Waals surface area (Å²) in [6, 6.07) is 10.9. The minimum atomic E-state index is -3.72. The number of hydrogen-bond acceptors (Lipinski definition) is 4. The molecule has 0 atom stereocenters. The summed E-state index contributed by atoms with van der Waals surface area (Å²) >= 11 is 5.89. The van der Waals surface area contributed by atoms with Crippen LogP contribution in [0.4, 0.5) is 5.69 Å². The molecule has 31 heavy (non-hydrogen) atoms. The van der Waals surface area contributed by atoms with Crippen molar-refractivity contribution in [2.45, 2.75) is 62.8 Å². The van der Waals surface area contributed by atoms with E-state index >= 15 is 0 Å². The molecule has 0 spiro atoms. The number of halogens is 1. The molecule has 1 saturated carbocycles. The Hall–Kier alpha value is -2.09. The molecular formula is C23H29ClN2O4S. The highest BCUT2D eigenvalue weighted by molar-refractivity contribution is 7.89. The minimum Gasteiger partial charge on any atom is -0.492 e. The van der Waals surface area contributed by atoms with Gasteiger partial charge in [0.25, 0.3) is 5.91 Å². The number of carbonyl (C=O) groups is 1. The van der Waals surface area contributed by atoms with E-state index in [1.807, 2.05) is 6.92 Å². The molecular weight excluding hydrogens is 436 g/mol. The molecule has 8 heteroatoms. The van der Waals surface area contributed by atoms with E-state index in [0.717, 1.165) is 38.5 Å². The van der Waals surface area contributed by atoms with Gasteiger partial charge in [-0.25, -0.2) is 13.1 Å². The van der Waals surface area contributed by atoms with Gasteiger partial charge in [0, 0.05) is 16.6 Å². The van der Waals surface area contributed by atoms with E-state index in [1.165, 1.54) is 18.6 Å². The first-order valence-corrected chi connectivity index (χ1v) is 12.6. The molecule has 2 N–H and O–H groups in total. The molecule has 168 valence electrons. The summed E-state index contributed by atoms with van der Waals surface area (Å²) < 4.78 is 34.5. The van der Waals surface area contributed by atoms with Crippen LogP contribution in [0.2, 0.25) is 5.02 Å². The van der Waals surface area contributed by atoms with E-state index in [0.29, 0.717) is 28.6 Å². The van der Waals surface area contributed by atoms with Crippen LogP contribution >= 0.6 is 11.6 Å². The smallest absolute Gasteiger partial charge is 0.255 e. The molecule has 3 rings (SSSR count). The third-order valence-corrected chi connectivity index (χ3v) is 7.11. The Morgan fingerprint density at radius 1 is 1.03 bits per heavy atom. The van der Waals surface area contributed by atoms with Gasteiger partial charge in [0.05, 0.1) is 17.2 Å². The van der Waals surface area contributed by atoms with E-state index in [9.17, 15) is 13.2 Å². The fourth-order valence-electron chi connectivity index (χ4n) is 3.71. The largest absolute Gasteiger partial charge is 0.492 e. The fourth-order valence-corrected chi connectivity index (χ4v) is 5.17. The molecule has 1 fully saturated rings. The lowest BCUT2D eigenvalue weighted by molar-refractivity contribution is 0.102. The van der Waals surface area contributed by atoms with Crippen molar-refractivity contribution in [1.82, 2.24) is 4.72 Å². The van der Waals surface area contributed by atoms with Crippen LogP contribution in [0, 0.1) is 0 Å². The second-order valence-corrected chi connectivity index (χ2v) is 9.87. The first-order valence-electron chi connectivity index (χ1n) is 10.7. The van der Waals surface area contributed by atoms with Gasteiger partial charge in [-0.3, -0.25) is 4.79 Å². The van der Waals surface area contributed by atoms with Crippen molar-refractivity contribution in [1.29, 1.82) is 0 Å².